The lowest BCUT2D eigenvalue weighted by molar-refractivity contribution is -0.199. The molecule has 1 unspecified atom stereocenters. The highest BCUT2D eigenvalue weighted by Gasteiger charge is 2.35. The van der Waals surface area contributed by atoms with E-state index in [0.717, 1.165) is 6.42 Å². The maximum absolute atomic E-state index is 10.7. The number of ether oxygens (including phenoxy) is 1. The highest BCUT2D eigenvalue weighted by molar-refractivity contribution is 5.66. The summed E-state index contributed by atoms with van der Waals surface area (Å²) in [6, 6.07) is -1.91. The quantitative estimate of drug-likeness (QED) is 0.303. The highest BCUT2D eigenvalue weighted by Crippen LogP contribution is 2.29. The number of aliphatic carboxylic acids is 1. The molecular weight excluding hydrogens is 336 g/mol. The van der Waals surface area contributed by atoms with Gasteiger partial charge < -0.3 is 25.2 Å². The van der Waals surface area contributed by atoms with Crippen LogP contribution in [0.1, 0.15) is 75.7 Å². The first-order chi connectivity index (χ1) is 15.3. The second-order valence-electron chi connectivity index (χ2n) is 5.93. The number of allylic oxidation sites excluding steroid dienone is 2. The fraction of sp³-hybridized carbons (Fsp3) is 0.750. The standard InChI is InChI=1S/C20H34O6/c1-2-3-6-9-15(21)12-13-18-16(17(22)14-20(25)26-18)10-7-4-5-8-11-19(23)24/h4,7,12-13,15-18,20-22,25H,2-3,5-6,8-11,14H2,1H3,(H,23,24)/b7-4-,13-12+/t15-,16+,17+,18-,20?/m1/s1/i4T,7T,12T,15T,16T,17T,18T,20T. The van der Waals surface area contributed by atoms with Crippen molar-refractivity contribution >= 4 is 5.97 Å². The van der Waals surface area contributed by atoms with Crippen LogP contribution in [0.15, 0.2) is 24.2 Å². The minimum atomic E-state index is -3.07. The van der Waals surface area contributed by atoms with Crippen LogP contribution in [0.4, 0.5) is 0 Å². The summed E-state index contributed by atoms with van der Waals surface area (Å²) in [6.07, 6.45) is -12.1. The molecule has 6 nitrogen and oxygen atoms in total. The van der Waals surface area contributed by atoms with Gasteiger partial charge in [0.1, 0.15) is 0 Å². The number of aliphatic hydroxyl groups is 3. The monoisotopic (exact) mass is 386 g/mol. The topological polar surface area (TPSA) is 107 Å². The highest BCUT2D eigenvalue weighted by atomic mass is 16.6. The molecule has 1 rings (SSSR count). The van der Waals surface area contributed by atoms with E-state index in [4.69, 9.17) is 20.8 Å². The van der Waals surface area contributed by atoms with E-state index in [-0.39, 0.29) is 25.7 Å². The van der Waals surface area contributed by atoms with Gasteiger partial charge in [-0.2, -0.15) is 0 Å². The minimum Gasteiger partial charge on any atom is -0.481 e. The van der Waals surface area contributed by atoms with E-state index in [1.807, 2.05) is 6.92 Å². The average molecular weight is 387 g/mol. The molecule has 0 spiro atoms. The van der Waals surface area contributed by atoms with Crippen LogP contribution in [0.25, 0.3) is 0 Å². The van der Waals surface area contributed by atoms with Crippen LogP contribution in [-0.4, -0.2) is 50.9 Å². The molecule has 6 heteroatoms. The van der Waals surface area contributed by atoms with Crippen molar-refractivity contribution in [3.05, 3.63) is 24.2 Å². The van der Waals surface area contributed by atoms with Crippen molar-refractivity contribution in [2.75, 3.05) is 0 Å². The molecule has 1 aliphatic rings. The smallest absolute Gasteiger partial charge is 0.303 e. The van der Waals surface area contributed by atoms with Crippen molar-refractivity contribution in [3.63, 3.8) is 0 Å². The first-order valence-corrected chi connectivity index (χ1v) is 8.77. The lowest BCUT2D eigenvalue weighted by Gasteiger charge is -2.36. The number of hydrogen-bond donors (Lipinski definition) is 4. The van der Waals surface area contributed by atoms with Gasteiger partial charge in [0.2, 0.25) is 0 Å². The van der Waals surface area contributed by atoms with Crippen molar-refractivity contribution in [1.29, 1.82) is 0 Å². The predicted molar refractivity (Wildman–Crippen MR) is 99.5 cm³/mol. The Morgan fingerprint density at radius 1 is 1.38 bits per heavy atom. The lowest BCUT2D eigenvalue weighted by atomic mass is 9.87. The van der Waals surface area contributed by atoms with Crippen molar-refractivity contribution in [3.8, 4) is 0 Å². The summed E-state index contributed by atoms with van der Waals surface area (Å²) in [5, 5.41) is 39.9. The van der Waals surface area contributed by atoms with Gasteiger partial charge in [-0.15, -0.1) is 0 Å². The molecule has 0 radical (unpaired) electrons. The molecular formula is C20H34O6. The summed E-state index contributed by atoms with van der Waals surface area (Å²) < 4.78 is 70.5. The molecule has 26 heavy (non-hydrogen) atoms. The summed E-state index contributed by atoms with van der Waals surface area (Å²) in [5.41, 5.74) is 0. The number of hydrogen-bond acceptors (Lipinski definition) is 5. The van der Waals surface area contributed by atoms with Gasteiger partial charge in [0.15, 0.2) is 6.27 Å². The SMILES string of the molecule is [3H]/C(CCCC(=O)O)=C(\[3H])C[C@@]1([3H])[C@@]([3H])(O)CC([3H])(O)O[C@]1([3H])/C=C(\[3H])[C@]([3H])(O)CCCCC. The normalized spacial score (nSPS) is 46.1. The van der Waals surface area contributed by atoms with Gasteiger partial charge in [-0.25, -0.2) is 0 Å². The van der Waals surface area contributed by atoms with Crippen LogP contribution in [0.5, 0.6) is 0 Å². The van der Waals surface area contributed by atoms with Crippen molar-refractivity contribution < 1.29 is 40.9 Å². The zero-order valence-corrected chi connectivity index (χ0v) is 15.0. The Morgan fingerprint density at radius 2 is 2.15 bits per heavy atom. The number of carboxylic acid groups (broad SMARTS) is 1. The number of unbranched alkanes of at least 4 members (excludes halogenated alkanes) is 2. The largest absolute Gasteiger partial charge is 0.481 e. The second-order valence-corrected chi connectivity index (χ2v) is 5.93. The molecule has 150 valence electrons. The van der Waals surface area contributed by atoms with Crippen LogP contribution in [0.2, 0.25) is 0 Å². The molecule has 4 N–H and O–H groups in total. The number of carbonyl (C=O) groups is 1. The van der Waals surface area contributed by atoms with Gasteiger partial charge in [0, 0.05) is 20.1 Å². The molecule has 0 aromatic rings. The van der Waals surface area contributed by atoms with E-state index >= 15 is 0 Å². The second kappa shape index (κ2) is 13.0. The molecule has 1 saturated heterocycles. The third-order valence-corrected chi connectivity index (χ3v) is 3.66. The van der Waals surface area contributed by atoms with E-state index in [1.54, 1.807) is 0 Å². The van der Waals surface area contributed by atoms with Crippen molar-refractivity contribution in [1.82, 2.24) is 0 Å². The molecule has 0 bridgehead atoms. The van der Waals surface area contributed by atoms with Crippen LogP contribution < -0.4 is 0 Å². The molecule has 0 aromatic heterocycles. The van der Waals surface area contributed by atoms with E-state index in [0.29, 0.717) is 18.9 Å². The van der Waals surface area contributed by atoms with Crippen molar-refractivity contribution in [2.45, 2.75) is 89.2 Å². The lowest BCUT2D eigenvalue weighted by Crippen LogP contribution is -2.43. The van der Waals surface area contributed by atoms with Gasteiger partial charge in [-0.1, -0.05) is 50.4 Å². The maximum atomic E-state index is 10.7. The summed E-state index contributed by atoms with van der Waals surface area (Å²) in [7, 11) is 0. The Bertz CT molecular complexity index is 800. The molecule has 1 fully saturated rings. The van der Waals surface area contributed by atoms with E-state index in [1.165, 1.54) is 0 Å². The summed E-state index contributed by atoms with van der Waals surface area (Å²) in [4.78, 5) is 10.7. The zero-order valence-electron chi connectivity index (χ0n) is 23.0. The summed E-state index contributed by atoms with van der Waals surface area (Å²) in [6.45, 7) is 1.89. The Hall–Kier alpha value is -1.21. The molecule has 0 aromatic carbocycles. The summed E-state index contributed by atoms with van der Waals surface area (Å²) >= 11 is 0. The van der Waals surface area contributed by atoms with Gasteiger partial charge in [-0.3, -0.25) is 4.79 Å². The zero-order chi connectivity index (χ0) is 26.6. The van der Waals surface area contributed by atoms with Crippen LogP contribution >= 0.6 is 0 Å². The first-order valence-electron chi connectivity index (χ1n) is 12.8. The first kappa shape index (κ1) is 13.0. The van der Waals surface area contributed by atoms with Gasteiger partial charge in [-0.05, 0) is 25.7 Å². The number of carboxylic acids is 1. The molecule has 0 aliphatic carbocycles. The van der Waals surface area contributed by atoms with Crippen LogP contribution in [0.3, 0.4) is 0 Å². The Kier molecular flexibility index (Phi) is 6.54. The maximum Gasteiger partial charge on any atom is 0.303 e. The summed E-state index contributed by atoms with van der Waals surface area (Å²) in [5.74, 6) is -3.97. The van der Waals surface area contributed by atoms with Gasteiger partial charge in [0.05, 0.1) is 27.8 Å². The van der Waals surface area contributed by atoms with Crippen molar-refractivity contribution in [2.24, 2.45) is 5.89 Å². The third-order valence-electron chi connectivity index (χ3n) is 3.66. The molecule has 0 amide bonds. The average Bonchev–Trinajstić information content (AvgIpc) is 2.64. The van der Waals surface area contributed by atoms with Gasteiger partial charge in [0.25, 0.3) is 0 Å². The Balaban J connectivity index is 3.44. The fourth-order valence-corrected chi connectivity index (χ4v) is 2.25. The molecule has 1 aliphatic heterocycles. The predicted octanol–water partition coefficient (Wildman–Crippen LogP) is 2.77. The number of rotatable bonds is 12. The van der Waals surface area contributed by atoms with E-state index in [9.17, 15) is 20.1 Å². The molecule has 0 saturated carbocycles. The molecule has 1 heterocycles. The molecule has 5 atom stereocenters. The van der Waals surface area contributed by atoms with E-state index in [2.05, 4.69) is 0 Å². The Labute approximate surface area is 167 Å². The van der Waals surface area contributed by atoms with Gasteiger partial charge >= 0.3 is 5.97 Å². The Morgan fingerprint density at radius 3 is 2.85 bits per heavy atom. The fourth-order valence-electron chi connectivity index (χ4n) is 2.25. The minimum absolute atomic E-state index is 0.0160. The van der Waals surface area contributed by atoms with Crippen LogP contribution in [-0.2, 0) is 9.53 Å². The third kappa shape index (κ3) is 9.48. The van der Waals surface area contributed by atoms with E-state index < -0.39 is 67.4 Å². The van der Waals surface area contributed by atoms with Crippen LogP contribution in [0, 0.1) is 5.89 Å².